The largest absolute Gasteiger partial charge is 0.378 e. The molecule has 1 saturated heterocycles. The van der Waals surface area contributed by atoms with E-state index in [2.05, 4.69) is 14.9 Å². The highest BCUT2D eigenvalue weighted by molar-refractivity contribution is 7.14. The van der Waals surface area contributed by atoms with Gasteiger partial charge in [0.2, 0.25) is 0 Å². The molecule has 5 nitrogen and oxygen atoms in total. The van der Waals surface area contributed by atoms with Gasteiger partial charge in [0.05, 0.1) is 13.2 Å². The summed E-state index contributed by atoms with van der Waals surface area (Å²) in [7, 11) is 0. The summed E-state index contributed by atoms with van der Waals surface area (Å²) in [6.07, 6.45) is 1.57. The highest BCUT2D eigenvalue weighted by atomic mass is 35.5. The zero-order valence-corrected chi connectivity index (χ0v) is 11.7. The Morgan fingerprint density at radius 3 is 2.72 bits per heavy atom. The monoisotopic (exact) mass is 304 g/mol. The number of hydrogen-bond acceptors (Lipinski definition) is 5. The molecule has 8 heteroatoms. The standard InChI is InChI=1S/C10H10Cl2N4OS/c11-8-9(12)16(6-13-8)7-5-18-10(14-7)15-1-3-17-4-2-15/h5-6H,1-4H2. The number of hydrogen-bond donors (Lipinski definition) is 0. The van der Waals surface area contributed by atoms with Gasteiger partial charge in [-0.05, 0) is 0 Å². The average molecular weight is 305 g/mol. The van der Waals surface area contributed by atoms with Crippen LogP contribution in [0.3, 0.4) is 0 Å². The van der Waals surface area contributed by atoms with Gasteiger partial charge in [0.25, 0.3) is 0 Å². The molecule has 2 aromatic heterocycles. The van der Waals surface area contributed by atoms with Gasteiger partial charge in [-0.15, -0.1) is 11.3 Å². The molecule has 0 unspecified atom stereocenters. The van der Waals surface area contributed by atoms with Gasteiger partial charge in [-0.25, -0.2) is 9.97 Å². The Morgan fingerprint density at radius 1 is 1.28 bits per heavy atom. The number of imidazole rings is 1. The Balaban J connectivity index is 1.87. The molecule has 1 aliphatic rings. The lowest BCUT2D eigenvalue weighted by molar-refractivity contribution is 0.122. The van der Waals surface area contributed by atoms with Crippen molar-refractivity contribution in [3.05, 3.63) is 22.0 Å². The fourth-order valence-electron chi connectivity index (χ4n) is 1.74. The number of aromatic nitrogens is 3. The van der Waals surface area contributed by atoms with Crippen LogP contribution in [0, 0.1) is 0 Å². The van der Waals surface area contributed by atoms with Crippen LogP contribution in [0.5, 0.6) is 0 Å². The van der Waals surface area contributed by atoms with E-state index in [4.69, 9.17) is 27.9 Å². The molecule has 0 atom stereocenters. The predicted octanol–water partition coefficient (Wildman–Crippen LogP) is 2.47. The number of morpholine rings is 1. The van der Waals surface area contributed by atoms with Crippen molar-refractivity contribution in [3.8, 4) is 5.82 Å². The number of halogens is 2. The first-order chi connectivity index (χ1) is 8.75. The molecule has 1 aliphatic heterocycles. The lowest BCUT2D eigenvalue weighted by atomic mass is 10.5. The van der Waals surface area contributed by atoms with E-state index in [1.165, 1.54) is 0 Å². The minimum absolute atomic E-state index is 0.289. The van der Waals surface area contributed by atoms with E-state index in [-0.39, 0.29) is 5.15 Å². The van der Waals surface area contributed by atoms with Crippen molar-refractivity contribution in [2.75, 3.05) is 31.2 Å². The second-order valence-corrected chi connectivity index (χ2v) is 5.34. The van der Waals surface area contributed by atoms with Gasteiger partial charge in [-0.2, -0.15) is 0 Å². The van der Waals surface area contributed by atoms with Crippen LogP contribution < -0.4 is 4.90 Å². The summed E-state index contributed by atoms with van der Waals surface area (Å²) < 4.78 is 6.99. The summed E-state index contributed by atoms with van der Waals surface area (Å²) in [5.74, 6) is 0.742. The normalized spacial score (nSPS) is 16.2. The highest BCUT2D eigenvalue weighted by Crippen LogP contribution is 2.28. The molecule has 0 aromatic carbocycles. The fraction of sp³-hybridized carbons (Fsp3) is 0.400. The van der Waals surface area contributed by atoms with Crippen molar-refractivity contribution in [1.29, 1.82) is 0 Å². The van der Waals surface area contributed by atoms with Gasteiger partial charge in [-0.3, -0.25) is 4.57 Å². The van der Waals surface area contributed by atoms with Crippen LogP contribution in [-0.4, -0.2) is 40.8 Å². The maximum Gasteiger partial charge on any atom is 0.187 e. The predicted molar refractivity (Wildman–Crippen MR) is 72.3 cm³/mol. The molecule has 0 radical (unpaired) electrons. The van der Waals surface area contributed by atoms with Gasteiger partial charge < -0.3 is 9.64 Å². The summed E-state index contributed by atoms with van der Waals surface area (Å²) >= 11 is 13.4. The summed E-state index contributed by atoms with van der Waals surface area (Å²) in [6.45, 7) is 3.22. The van der Waals surface area contributed by atoms with E-state index < -0.39 is 0 Å². The maximum absolute atomic E-state index is 6.04. The first kappa shape index (κ1) is 12.2. The summed E-state index contributed by atoms with van der Waals surface area (Å²) in [5.41, 5.74) is 0. The summed E-state index contributed by atoms with van der Waals surface area (Å²) in [6, 6.07) is 0. The zero-order valence-electron chi connectivity index (χ0n) is 9.34. The first-order valence-corrected chi connectivity index (χ1v) is 7.06. The Morgan fingerprint density at radius 2 is 2.06 bits per heavy atom. The third-order valence-electron chi connectivity index (χ3n) is 2.68. The van der Waals surface area contributed by atoms with Crippen LogP contribution in [0.25, 0.3) is 5.82 Å². The Kier molecular flexibility index (Phi) is 3.43. The molecule has 1 fully saturated rings. The molecule has 0 N–H and O–H groups in total. The molecule has 3 heterocycles. The van der Waals surface area contributed by atoms with Crippen LogP contribution in [0.1, 0.15) is 0 Å². The molecule has 0 saturated carbocycles. The fourth-order valence-corrected chi connectivity index (χ4v) is 2.91. The highest BCUT2D eigenvalue weighted by Gasteiger charge is 2.16. The molecular weight excluding hydrogens is 295 g/mol. The van der Waals surface area contributed by atoms with E-state index in [1.54, 1.807) is 22.2 Å². The minimum Gasteiger partial charge on any atom is -0.378 e. The van der Waals surface area contributed by atoms with Crippen LogP contribution in [-0.2, 0) is 4.74 Å². The number of rotatable bonds is 2. The lowest BCUT2D eigenvalue weighted by Crippen LogP contribution is -2.36. The van der Waals surface area contributed by atoms with Crippen molar-refractivity contribution < 1.29 is 4.74 Å². The van der Waals surface area contributed by atoms with Gasteiger partial charge in [0.15, 0.2) is 21.3 Å². The number of ether oxygens (including phenoxy) is 1. The van der Waals surface area contributed by atoms with Crippen molar-refractivity contribution >= 4 is 39.7 Å². The Bertz CT molecular complexity index is 550. The second-order valence-electron chi connectivity index (χ2n) is 3.78. The third-order valence-corrected chi connectivity index (χ3v) is 4.30. The van der Waals surface area contributed by atoms with E-state index in [9.17, 15) is 0 Å². The van der Waals surface area contributed by atoms with Gasteiger partial charge in [0.1, 0.15) is 6.33 Å². The van der Waals surface area contributed by atoms with Gasteiger partial charge in [0, 0.05) is 18.5 Å². The van der Waals surface area contributed by atoms with E-state index in [1.807, 2.05) is 5.38 Å². The molecular formula is C10H10Cl2N4OS. The van der Waals surface area contributed by atoms with Crippen molar-refractivity contribution in [3.63, 3.8) is 0 Å². The molecule has 18 heavy (non-hydrogen) atoms. The molecule has 0 bridgehead atoms. The van der Waals surface area contributed by atoms with E-state index >= 15 is 0 Å². The maximum atomic E-state index is 6.04. The smallest absolute Gasteiger partial charge is 0.187 e. The van der Waals surface area contributed by atoms with Crippen molar-refractivity contribution in [2.45, 2.75) is 0 Å². The molecule has 3 rings (SSSR count). The van der Waals surface area contributed by atoms with Crippen molar-refractivity contribution in [2.24, 2.45) is 0 Å². The Labute approximate surface area is 118 Å². The lowest BCUT2D eigenvalue weighted by Gasteiger charge is -2.25. The quantitative estimate of drug-likeness (QED) is 0.855. The number of thiazole rings is 1. The number of nitrogens with zero attached hydrogens (tertiary/aromatic N) is 4. The Hall–Kier alpha value is -0.820. The van der Waals surface area contributed by atoms with E-state index in [0.29, 0.717) is 5.15 Å². The molecule has 0 spiro atoms. The van der Waals surface area contributed by atoms with Crippen LogP contribution in [0.15, 0.2) is 11.7 Å². The van der Waals surface area contributed by atoms with Crippen LogP contribution in [0.2, 0.25) is 10.3 Å². The average Bonchev–Trinajstić information content (AvgIpc) is 3.00. The molecule has 0 amide bonds. The molecule has 0 aliphatic carbocycles. The second kappa shape index (κ2) is 5.05. The SMILES string of the molecule is Clc1ncn(-c2csc(N3CCOCC3)n2)c1Cl. The topological polar surface area (TPSA) is 43.2 Å². The van der Waals surface area contributed by atoms with Crippen LogP contribution >= 0.6 is 34.5 Å². The number of anilines is 1. The summed E-state index contributed by atoms with van der Waals surface area (Å²) in [5, 5.41) is 3.58. The van der Waals surface area contributed by atoms with E-state index in [0.717, 1.165) is 37.3 Å². The minimum atomic E-state index is 0.289. The molecule has 2 aromatic rings. The van der Waals surface area contributed by atoms with Crippen LogP contribution in [0.4, 0.5) is 5.13 Å². The molecule has 96 valence electrons. The third kappa shape index (κ3) is 2.21. The van der Waals surface area contributed by atoms with Gasteiger partial charge >= 0.3 is 0 Å². The summed E-state index contributed by atoms with van der Waals surface area (Å²) in [4.78, 5) is 10.7. The first-order valence-electron chi connectivity index (χ1n) is 5.42. The van der Waals surface area contributed by atoms with Crippen molar-refractivity contribution in [1.82, 2.24) is 14.5 Å². The zero-order chi connectivity index (χ0) is 12.5. The van der Waals surface area contributed by atoms with Gasteiger partial charge in [-0.1, -0.05) is 23.2 Å².